The van der Waals surface area contributed by atoms with E-state index in [1.807, 2.05) is 21.1 Å². The molecule has 0 aromatic carbocycles. The molecule has 1 amide bonds. The van der Waals surface area contributed by atoms with E-state index in [1.165, 1.54) is 154 Å². The van der Waals surface area contributed by atoms with Gasteiger partial charge >= 0.3 is 6.09 Å². The highest BCUT2D eigenvalue weighted by Gasteiger charge is 2.22. The minimum atomic E-state index is -4.59. The first-order chi connectivity index (χ1) is 24.6. The van der Waals surface area contributed by atoms with E-state index in [-0.39, 0.29) is 19.8 Å². The predicted octanol–water partition coefficient (Wildman–Crippen LogP) is 11.3. The van der Waals surface area contributed by atoms with E-state index < -0.39 is 20.0 Å². The number of nitrogens with one attached hydrogen (secondary N) is 1. The number of ether oxygens (including phenoxy) is 2. The van der Waals surface area contributed by atoms with Crippen LogP contribution in [0.4, 0.5) is 4.79 Å². The third-order valence-corrected chi connectivity index (χ3v) is 10.5. The van der Waals surface area contributed by atoms with Gasteiger partial charge in [0.2, 0.25) is 0 Å². The molecule has 0 aliphatic carbocycles. The predicted molar refractivity (Wildman–Crippen MR) is 212 cm³/mol. The van der Waals surface area contributed by atoms with Crippen molar-refractivity contribution in [1.82, 2.24) is 5.32 Å². The maximum atomic E-state index is 12.5. The second kappa shape index (κ2) is 36.3. The Kier molecular flexibility index (Phi) is 35.8. The third kappa shape index (κ3) is 40.3. The fraction of sp³-hybridized carbons (Fsp3) is 0.976. The molecule has 0 saturated carbocycles. The van der Waals surface area contributed by atoms with Gasteiger partial charge in [-0.15, -0.1) is 0 Å². The molecule has 10 heteroatoms. The summed E-state index contributed by atoms with van der Waals surface area (Å²) >= 11 is 0. The number of unbranched alkanes of at least 4 members (excludes halogenated alkanes) is 26. The third-order valence-electron chi connectivity index (χ3n) is 9.44. The molecule has 0 aliphatic heterocycles. The van der Waals surface area contributed by atoms with E-state index in [1.54, 1.807) is 0 Å². The first-order valence-electron chi connectivity index (χ1n) is 21.5. The number of likely N-dealkylation sites (N-methyl/N-ethyl adjacent to an activating group) is 1. The van der Waals surface area contributed by atoms with Crippen molar-refractivity contribution in [2.24, 2.45) is 0 Å². The monoisotopic (exact) mass is 749 g/mol. The zero-order valence-electron chi connectivity index (χ0n) is 34.4. The Labute approximate surface area is 316 Å². The number of phosphoric ester groups is 1. The van der Waals surface area contributed by atoms with E-state index >= 15 is 0 Å². The van der Waals surface area contributed by atoms with E-state index in [4.69, 9.17) is 18.5 Å². The van der Waals surface area contributed by atoms with Gasteiger partial charge in [-0.2, -0.15) is 0 Å². The highest BCUT2D eigenvalue weighted by molar-refractivity contribution is 7.45. The molecule has 0 heterocycles. The summed E-state index contributed by atoms with van der Waals surface area (Å²) in [7, 11) is 1.28. The Morgan fingerprint density at radius 2 is 0.980 bits per heavy atom. The Morgan fingerprint density at radius 1 is 0.588 bits per heavy atom. The summed E-state index contributed by atoms with van der Waals surface area (Å²) in [5, 5.41) is 2.78. The Hall–Kier alpha value is -0.700. The van der Waals surface area contributed by atoms with Crippen LogP contribution in [0.5, 0.6) is 0 Å². The van der Waals surface area contributed by atoms with Crippen LogP contribution in [0.3, 0.4) is 0 Å². The zero-order valence-corrected chi connectivity index (χ0v) is 35.3. The first kappa shape index (κ1) is 50.3. The number of carbonyl (C=O) groups is 1. The van der Waals surface area contributed by atoms with Gasteiger partial charge in [-0.05, 0) is 12.8 Å². The molecule has 0 fully saturated rings. The molecule has 306 valence electrons. The Morgan fingerprint density at radius 3 is 1.39 bits per heavy atom. The van der Waals surface area contributed by atoms with Crippen molar-refractivity contribution in [1.29, 1.82) is 0 Å². The van der Waals surface area contributed by atoms with Crippen LogP contribution >= 0.6 is 7.82 Å². The van der Waals surface area contributed by atoms with Crippen LogP contribution in [0.2, 0.25) is 0 Å². The molecule has 51 heavy (non-hydrogen) atoms. The number of carbonyl (C=O) groups excluding carboxylic acids is 1. The standard InChI is InChI=1S/C41H85N2O7P/c1-6-8-10-12-14-16-18-20-22-24-26-28-30-32-34-42-41(44)48-39-40(50-51(45,46)49-37-35-43(3,4)5)38-47-36-33-31-29-27-25-23-21-19-17-15-13-11-9-7-2/h40H,6-39H2,1-5H3,(H-,42,44,45,46). The average molecular weight is 749 g/mol. The second-order valence-electron chi connectivity index (χ2n) is 15.8. The van der Waals surface area contributed by atoms with Crippen molar-refractivity contribution in [3.05, 3.63) is 0 Å². The number of alkyl carbamates (subject to hydrolysis) is 1. The lowest BCUT2D eigenvalue weighted by molar-refractivity contribution is -0.870. The van der Waals surface area contributed by atoms with Crippen LogP contribution in [-0.2, 0) is 23.1 Å². The molecule has 2 atom stereocenters. The Bertz CT molecular complexity index is 796. The fourth-order valence-electron chi connectivity index (χ4n) is 6.09. The van der Waals surface area contributed by atoms with E-state index in [0.29, 0.717) is 24.2 Å². The minimum absolute atomic E-state index is 0.00953. The summed E-state index contributed by atoms with van der Waals surface area (Å²) in [6, 6.07) is 0. The maximum Gasteiger partial charge on any atom is 0.407 e. The molecule has 0 saturated heterocycles. The van der Waals surface area contributed by atoms with Gasteiger partial charge in [0.25, 0.3) is 7.82 Å². The van der Waals surface area contributed by atoms with Crippen LogP contribution in [0.1, 0.15) is 194 Å². The van der Waals surface area contributed by atoms with Crippen molar-refractivity contribution in [2.45, 2.75) is 200 Å². The summed E-state index contributed by atoms with van der Waals surface area (Å²) < 4.78 is 34.6. The molecule has 0 aromatic heterocycles. The number of nitrogens with zero attached hydrogens (tertiary/aromatic N) is 1. The normalized spacial score (nSPS) is 13.7. The Balaban J connectivity index is 4.15. The highest BCUT2D eigenvalue weighted by atomic mass is 31.2. The van der Waals surface area contributed by atoms with Crippen molar-refractivity contribution < 1.29 is 37.3 Å². The number of quaternary nitrogens is 1. The largest absolute Gasteiger partial charge is 0.756 e. The van der Waals surface area contributed by atoms with Crippen LogP contribution in [0.25, 0.3) is 0 Å². The molecule has 0 rings (SSSR count). The lowest BCUT2D eigenvalue weighted by Gasteiger charge is -2.29. The number of phosphoric acid groups is 1. The number of hydrogen-bond donors (Lipinski definition) is 1. The molecule has 0 spiro atoms. The van der Waals surface area contributed by atoms with Gasteiger partial charge in [0.05, 0.1) is 27.7 Å². The fourth-order valence-corrected chi connectivity index (χ4v) is 6.94. The van der Waals surface area contributed by atoms with Crippen molar-refractivity contribution >= 4 is 13.9 Å². The SMILES string of the molecule is CCCCCCCCCCCCCCCCNC(=O)OCC(COCCCCCCCCCCCCCCCC)OP(=O)([O-])OCC[N+](C)(C)C. The quantitative estimate of drug-likeness (QED) is 0.0378. The van der Waals surface area contributed by atoms with Crippen molar-refractivity contribution in [2.75, 3.05) is 60.7 Å². The van der Waals surface area contributed by atoms with Crippen LogP contribution in [0.15, 0.2) is 0 Å². The summed E-state index contributed by atoms with van der Waals surface area (Å²) in [4.78, 5) is 24.9. The minimum Gasteiger partial charge on any atom is -0.756 e. The van der Waals surface area contributed by atoms with Gasteiger partial charge in [0.1, 0.15) is 25.9 Å². The molecule has 0 aromatic rings. The maximum absolute atomic E-state index is 12.5. The molecular weight excluding hydrogens is 663 g/mol. The van der Waals surface area contributed by atoms with E-state index in [9.17, 15) is 14.3 Å². The smallest absolute Gasteiger partial charge is 0.407 e. The lowest BCUT2D eigenvalue weighted by atomic mass is 10.0. The van der Waals surface area contributed by atoms with Gasteiger partial charge in [-0.3, -0.25) is 4.57 Å². The summed E-state index contributed by atoms with van der Waals surface area (Å²) in [5.41, 5.74) is 0. The van der Waals surface area contributed by atoms with E-state index in [2.05, 4.69) is 19.2 Å². The molecule has 2 unspecified atom stereocenters. The highest BCUT2D eigenvalue weighted by Crippen LogP contribution is 2.40. The average Bonchev–Trinajstić information content (AvgIpc) is 3.07. The molecule has 0 bridgehead atoms. The first-order valence-corrected chi connectivity index (χ1v) is 23.0. The van der Waals surface area contributed by atoms with Crippen LogP contribution < -0.4 is 10.2 Å². The summed E-state index contributed by atoms with van der Waals surface area (Å²) in [6.45, 7) is 5.87. The van der Waals surface area contributed by atoms with Crippen LogP contribution in [0, 0.1) is 0 Å². The number of amides is 1. The van der Waals surface area contributed by atoms with Crippen molar-refractivity contribution in [3.63, 3.8) is 0 Å². The summed E-state index contributed by atoms with van der Waals surface area (Å²) in [5.74, 6) is 0. The van der Waals surface area contributed by atoms with Gasteiger partial charge in [0, 0.05) is 13.2 Å². The second-order valence-corrected chi connectivity index (χ2v) is 17.2. The van der Waals surface area contributed by atoms with E-state index in [0.717, 1.165) is 25.7 Å². The molecule has 0 radical (unpaired) electrons. The van der Waals surface area contributed by atoms with Gasteiger partial charge < -0.3 is 33.2 Å². The van der Waals surface area contributed by atoms with Crippen molar-refractivity contribution in [3.8, 4) is 0 Å². The van der Waals surface area contributed by atoms with Gasteiger partial charge in [-0.25, -0.2) is 4.79 Å². The zero-order chi connectivity index (χ0) is 37.7. The number of rotatable bonds is 40. The topological polar surface area (TPSA) is 106 Å². The number of hydrogen-bond acceptors (Lipinski definition) is 7. The van der Waals surface area contributed by atoms with Gasteiger partial charge in [0.15, 0.2) is 0 Å². The molecule has 9 nitrogen and oxygen atoms in total. The molecule has 1 N–H and O–H groups in total. The van der Waals surface area contributed by atoms with Crippen LogP contribution in [-0.4, -0.2) is 77.3 Å². The lowest BCUT2D eigenvalue weighted by Crippen LogP contribution is -2.38. The van der Waals surface area contributed by atoms with Gasteiger partial charge in [-0.1, -0.05) is 181 Å². The molecular formula is C41H85N2O7P. The summed E-state index contributed by atoms with van der Waals surface area (Å²) in [6.07, 6.45) is 34.4. The molecule has 0 aliphatic rings.